The molecule has 0 aliphatic heterocycles. The summed E-state index contributed by atoms with van der Waals surface area (Å²) in [6.07, 6.45) is 0.712. The highest BCUT2D eigenvalue weighted by Crippen LogP contribution is 2.13. The molecule has 0 aliphatic rings. The number of nitrogens with zero attached hydrogens (tertiary/aromatic N) is 1. The van der Waals surface area contributed by atoms with Gasteiger partial charge in [-0.1, -0.05) is 6.07 Å². The number of pyridine rings is 1. The van der Waals surface area contributed by atoms with E-state index in [2.05, 4.69) is 10.3 Å². The van der Waals surface area contributed by atoms with Crippen molar-refractivity contribution in [3.63, 3.8) is 0 Å². The maximum atomic E-state index is 13.0. The van der Waals surface area contributed by atoms with Gasteiger partial charge in [-0.05, 0) is 55.7 Å². The van der Waals surface area contributed by atoms with Crippen LogP contribution >= 0.6 is 0 Å². The van der Waals surface area contributed by atoms with E-state index in [1.807, 2.05) is 6.92 Å². The van der Waals surface area contributed by atoms with Crippen molar-refractivity contribution in [2.75, 3.05) is 11.9 Å². The van der Waals surface area contributed by atoms with Crippen LogP contribution in [0.4, 0.5) is 10.2 Å². The van der Waals surface area contributed by atoms with Gasteiger partial charge >= 0.3 is 5.97 Å². The zero-order valence-electron chi connectivity index (χ0n) is 12.0. The minimum absolute atomic E-state index is 0.211. The van der Waals surface area contributed by atoms with Crippen LogP contribution in [0.3, 0.4) is 0 Å². The number of rotatable bonds is 5. The summed E-state index contributed by atoms with van der Waals surface area (Å²) in [5.41, 5.74) is 2.81. The third-order valence-corrected chi connectivity index (χ3v) is 3.21. The third-order valence-electron chi connectivity index (χ3n) is 3.21. The normalized spacial score (nSPS) is 10.4. The Bertz CT molecular complexity index is 671. The van der Waals surface area contributed by atoms with Gasteiger partial charge in [-0.2, -0.15) is 0 Å². The lowest BCUT2D eigenvalue weighted by Gasteiger charge is -2.09. The third kappa shape index (κ3) is 4.02. The van der Waals surface area contributed by atoms with E-state index >= 15 is 0 Å². The number of halogens is 1. The molecule has 0 bridgehead atoms. The molecule has 1 heterocycles. The molecule has 5 heteroatoms. The van der Waals surface area contributed by atoms with Gasteiger partial charge in [0.2, 0.25) is 0 Å². The predicted molar refractivity (Wildman–Crippen MR) is 79.3 cm³/mol. The number of hydrogen-bond donors (Lipinski definition) is 2. The molecule has 1 aromatic carbocycles. The minimum Gasteiger partial charge on any atom is -0.478 e. The molecule has 4 nitrogen and oxygen atoms in total. The highest BCUT2D eigenvalue weighted by molar-refractivity contribution is 5.88. The van der Waals surface area contributed by atoms with E-state index in [-0.39, 0.29) is 11.4 Å². The molecular weight excluding hydrogens is 271 g/mol. The first-order chi connectivity index (χ1) is 9.95. The van der Waals surface area contributed by atoms with Gasteiger partial charge < -0.3 is 10.4 Å². The van der Waals surface area contributed by atoms with Gasteiger partial charge in [0, 0.05) is 12.2 Å². The molecule has 0 unspecified atom stereocenters. The highest BCUT2D eigenvalue weighted by Gasteiger charge is 2.06. The molecule has 110 valence electrons. The van der Waals surface area contributed by atoms with Crippen LogP contribution in [-0.4, -0.2) is 22.6 Å². The van der Waals surface area contributed by atoms with Crippen LogP contribution in [0, 0.1) is 19.7 Å². The second-order valence-electron chi connectivity index (χ2n) is 4.94. The van der Waals surface area contributed by atoms with E-state index in [0.29, 0.717) is 24.5 Å². The number of carboxylic acids is 1. The van der Waals surface area contributed by atoms with Crippen LogP contribution in [0.1, 0.15) is 27.2 Å². The second kappa shape index (κ2) is 6.35. The number of carboxylic acid groups (broad SMARTS) is 1. The Balaban J connectivity index is 2.01. The number of anilines is 1. The monoisotopic (exact) mass is 288 g/mol. The summed E-state index contributed by atoms with van der Waals surface area (Å²) in [7, 11) is 0. The largest absolute Gasteiger partial charge is 0.478 e. The van der Waals surface area contributed by atoms with Crippen molar-refractivity contribution in [1.82, 2.24) is 4.98 Å². The molecule has 21 heavy (non-hydrogen) atoms. The highest BCUT2D eigenvalue weighted by atomic mass is 19.1. The number of benzene rings is 1. The van der Waals surface area contributed by atoms with Crippen LogP contribution in [0.25, 0.3) is 0 Å². The SMILES string of the molecule is Cc1cc(C(=O)O)cc(NCCc2ccc(F)cc2C)n1. The van der Waals surface area contributed by atoms with Gasteiger partial charge in [0.05, 0.1) is 5.56 Å². The quantitative estimate of drug-likeness (QED) is 0.887. The molecule has 0 aliphatic carbocycles. The number of nitrogens with one attached hydrogen (secondary N) is 1. The van der Waals surface area contributed by atoms with E-state index < -0.39 is 5.97 Å². The zero-order valence-corrected chi connectivity index (χ0v) is 12.0. The topological polar surface area (TPSA) is 62.2 Å². The Kier molecular flexibility index (Phi) is 4.52. The van der Waals surface area contributed by atoms with Crippen molar-refractivity contribution in [3.8, 4) is 0 Å². The summed E-state index contributed by atoms with van der Waals surface area (Å²) in [6, 6.07) is 7.74. The van der Waals surface area contributed by atoms with Crippen LogP contribution < -0.4 is 5.32 Å². The fraction of sp³-hybridized carbons (Fsp3) is 0.250. The number of aromatic carboxylic acids is 1. The number of aromatic nitrogens is 1. The first kappa shape index (κ1) is 15.0. The van der Waals surface area contributed by atoms with Gasteiger partial charge in [-0.25, -0.2) is 14.2 Å². The summed E-state index contributed by atoms with van der Waals surface area (Å²) in [6.45, 7) is 4.22. The Labute approximate surface area is 122 Å². The summed E-state index contributed by atoms with van der Waals surface area (Å²) in [4.78, 5) is 15.2. The summed E-state index contributed by atoms with van der Waals surface area (Å²) >= 11 is 0. The van der Waals surface area contributed by atoms with Gasteiger partial charge in [0.15, 0.2) is 0 Å². The molecule has 1 aromatic heterocycles. The van der Waals surface area contributed by atoms with Crippen LogP contribution in [-0.2, 0) is 6.42 Å². The maximum absolute atomic E-state index is 13.0. The number of aryl methyl sites for hydroxylation is 2. The van der Waals surface area contributed by atoms with Crippen molar-refractivity contribution in [1.29, 1.82) is 0 Å². The van der Waals surface area contributed by atoms with E-state index in [9.17, 15) is 9.18 Å². The Morgan fingerprint density at radius 1 is 1.29 bits per heavy atom. The van der Waals surface area contributed by atoms with Gasteiger partial charge in [0.1, 0.15) is 11.6 Å². The molecule has 0 fully saturated rings. The molecular formula is C16H17FN2O2. The van der Waals surface area contributed by atoms with E-state index in [1.54, 1.807) is 13.0 Å². The molecule has 0 spiro atoms. The zero-order chi connectivity index (χ0) is 15.4. The van der Waals surface area contributed by atoms with Crippen molar-refractivity contribution in [3.05, 3.63) is 58.5 Å². The standard InChI is InChI=1S/C16H17FN2O2/c1-10-7-14(17)4-3-12(10)5-6-18-15-9-13(16(20)21)8-11(2)19-15/h3-4,7-9H,5-6H2,1-2H3,(H,18,19)(H,20,21). The maximum Gasteiger partial charge on any atom is 0.335 e. The lowest BCUT2D eigenvalue weighted by atomic mass is 10.1. The first-order valence-electron chi connectivity index (χ1n) is 6.66. The van der Waals surface area contributed by atoms with Crippen LogP contribution in [0.2, 0.25) is 0 Å². The average Bonchev–Trinajstić information content (AvgIpc) is 2.40. The summed E-state index contributed by atoms with van der Waals surface area (Å²) in [5, 5.41) is 12.1. The fourth-order valence-electron chi connectivity index (χ4n) is 2.15. The van der Waals surface area contributed by atoms with E-state index in [0.717, 1.165) is 11.1 Å². The summed E-state index contributed by atoms with van der Waals surface area (Å²) < 4.78 is 13.0. The molecule has 2 N–H and O–H groups in total. The smallest absolute Gasteiger partial charge is 0.335 e. The van der Waals surface area contributed by atoms with Gasteiger partial charge in [-0.3, -0.25) is 0 Å². The predicted octanol–water partition coefficient (Wildman–Crippen LogP) is 3.19. The Morgan fingerprint density at radius 2 is 2.05 bits per heavy atom. The van der Waals surface area contributed by atoms with Crippen molar-refractivity contribution < 1.29 is 14.3 Å². The van der Waals surface area contributed by atoms with Crippen LogP contribution in [0.15, 0.2) is 30.3 Å². The molecule has 0 saturated heterocycles. The second-order valence-corrected chi connectivity index (χ2v) is 4.94. The molecule has 0 amide bonds. The van der Waals surface area contributed by atoms with Crippen LogP contribution in [0.5, 0.6) is 0 Å². The van der Waals surface area contributed by atoms with E-state index in [1.165, 1.54) is 24.3 Å². The minimum atomic E-state index is -0.974. The number of hydrogen-bond acceptors (Lipinski definition) is 3. The average molecular weight is 288 g/mol. The van der Waals surface area contributed by atoms with Crippen molar-refractivity contribution in [2.45, 2.75) is 20.3 Å². The summed E-state index contributed by atoms with van der Waals surface area (Å²) in [5.74, 6) is -0.680. The molecule has 0 atom stereocenters. The van der Waals surface area contributed by atoms with Gasteiger partial charge in [0.25, 0.3) is 0 Å². The molecule has 0 radical (unpaired) electrons. The van der Waals surface area contributed by atoms with Gasteiger partial charge in [-0.15, -0.1) is 0 Å². The Hall–Kier alpha value is -2.43. The fourth-order valence-corrected chi connectivity index (χ4v) is 2.15. The lowest BCUT2D eigenvalue weighted by Crippen LogP contribution is -2.09. The number of carbonyl (C=O) groups is 1. The van der Waals surface area contributed by atoms with Crippen molar-refractivity contribution in [2.24, 2.45) is 0 Å². The molecule has 2 aromatic rings. The molecule has 2 rings (SSSR count). The molecule has 0 saturated carbocycles. The lowest BCUT2D eigenvalue weighted by molar-refractivity contribution is 0.0696. The van der Waals surface area contributed by atoms with Crippen molar-refractivity contribution >= 4 is 11.8 Å². The first-order valence-corrected chi connectivity index (χ1v) is 6.66. The van der Waals surface area contributed by atoms with E-state index in [4.69, 9.17) is 5.11 Å². The Morgan fingerprint density at radius 3 is 2.71 bits per heavy atom.